The monoisotopic (exact) mass is 420 g/mol. The minimum absolute atomic E-state index is 0.0926. The van der Waals surface area contributed by atoms with Gasteiger partial charge in [-0.3, -0.25) is 14.1 Å². The Morgan fingerprint density at radius 2 is 1.40 bits per heavy atom. The minimum atomic E-state index is -4.62. The lowest BCUT2D eigenvalue weighted by atomic mass is 10.0. The molecule has 0 atom stereocenters. The summed E-state index contributed by atoms with van der Waals surface area (Å²) in [5.41, 5.74) is 2.06. The molecule has 3 N–H and O–H groups in total. The largest absolute Gasteiger partial charge is 0.354 e. The molecule has 8 heteroatoms. The second kappa shape index (κ2) is 6.01. The van der Waals surface area contributed by atoms with Crippen LogP contribution in [-0.4, -0.2) is 22.9 Å². The van der Waals surface area contributed by atoms with Gasteiger partial charge < -0.3 is 9.97 Å². The van der Waals surface area contributed by atoms with Crippen LogP contribution < -0.4 is 10.9 Å². The van der Waals surface area contributed by atoms with Crippen molar-refractivity contribution in [1.82, 2.24) is 9.97 Å². The summed E-state index contributed by atoms with van der Waals surface area (Å²) in [7, 11) is -4.62. The van der Waals surface area contributed by atoms with Gasteiger partial charge in [-0.15, -0.1) is 0 Å². The normalized spacial score (nSPS) is 12.4. The van der Waals surface area contributed by atoms with Crippen LogP contribution in [0.5, 0.6) is 0 Å². The van der Waals surface area contributed by atoms with Gasteiger partial charge in [0.2, 0.25) is 0 Å². The molecule has 0 saturated heterocycles. The summed E-state index contributed by atoms with van der Waals surface area (Å²) in [5, 5.41) is 1.07. The molecule has 2 heterocycles. The van der Waals surface area contributed by atoms with Crippen molar-refractivity contribution in [2.24, 2.45) is 0 Å². The molecule has 0 bridgehead atoms. The van der Waals surface area contributed by atoms with E-state index in [1.165, 1.54) is 6.92 Å². The summed E-state index contributed by atoms with van der Waals surface area (Å²) < 4.78 is 33.8. The van der Waals surface area contributed by atoms with E-state index < -0.39 is 20.4 Å². The van der Waals surface area contributed by atoms with Crippen molar-refractivity contribution in [3.8, 4) is 0 Å². The van der Waals surface area contributed by atoms with Crippen molar-refractivity contribution < 1.29 is 13.0 Å². The van der Waals surface area contributed by atoms with Crippen molar-refractivity contribution in [1.29, 1.82) is 0 Å². The molecular formula is C22H16N2O5S. The molecule has 150 valence electrons. The fraction of sp³-hybridized carbons (Fsp3) is 0.0909. The predicted octanol–water partition coefficient (Wildman–Crippen LogP) is 3.54. The molecule has 0 amide bonds. The molecule has 3 aromatic carbocycles. The third-order valence-corrected chi connectivity index (χ3v) is 6.54. The van der Waals surface area contributed by atoms with Gasteiger partial charge in [0.15, 0.2) is 10.9 Å². The van der Waals surface area contributed by atoms with Gasteiger partial charge in [0.1, 0.15) is 4.90 Å². The Kier molecular flexibility index (Phi) is 3.71. The minimum Gasteiger partial charge on any atom is -0.354 e. The van der Waals surface area contributed by atoms with Crippen LogP contribution in [0, 0.1) is 13.8 Å². The Morgan fingerprint density at radius 1 is 0.767 bits per heavy atom. The van der Waals surface area contributed by atoms with Crippen molar-refractivity contribution in [2.75, 3.05) is 0 Å². The molecule has 0 spiro atoms. The lowest BCUT2D eigenvalue weighted by Gasteiger charge is -2.12. The van der Waals surface area contributed by atoms with Crippen molar-refractivity contribution in [2.45, 2.75) is 18.7 Å². The number of benzene rings is 3. The van der Waals surface area contributed by atoms with E-state index in [2.05, 4.69) is 9.97 Å². The Morgan fingerprint density at radius 3 is 2.10 bits per heavy atom. The van der Waals surface area contributed by atoms with Gasteiger partial charge in [0.25, 0.3) is 10.1 Å². The Bertz CT molecular complexity index is 1780. The number of rotatable bonds is 1. The number of aromatic nitrogens is 2. The maximum absolute atomic E-state index is 13.4. The molecule has 7 nitrogen and oxygen atoms in total. The molecule has 0 radical (unpaired) electrons. The number of para-hydroxylation sites is 1. The number of fused-ring (bicyclic) bond motifs is 4. The number of aromatic amines is 2. The average Bonchev–Trinajstić information content (AvgIpc) is 2.67. The summed E-state index contributed by atoms with van der Waals surface area (Å²) in [5.74, 6) is 0. The van der Waals surface area contributed by atoms with E-state index in [-0.39, 0.29) is 21.8 Å². The van der Waals surface area contributed by atoms with Crippen LogP contribution in [0.4, 0.5) is 0 Å². The van der Waals surface area contributed by atoms with Crippen LogP contribution in [0.1, 0.15) is 11.1 Å². The van der Waals surface area contributed by atoms with Crippen LogP contribution in [0.2, 0.25) is 0 Å². The molecular weight excluding hydrogens is 404 g/mol. The van der Waals surface area contributed by atoms with Crippen LogP contribution in [0.15, 0.2) is 56.9 Å². The van der Waals surface area contributed by atoms with Crippen molar-refractivity contribution in [3.05, 3.63) is 74.0 Å². The predicted molar refractivity (Wildman–Crippen MR) is 117 cm³/mol. The molecule has 2 aromatic heterocycles. The number of nitrogens with one attached hydrogen (secondary N) is 2. The van der Waals surface area contributed by atoms with Gasteiger partial charge in [-0.1, -0.05) is 18.2 Å². The van der Waals surface area contributed by atoms with Gasteiger partial charge in [0, 0.05) is 21.7 Å². The summed E-state index contributed by atoms with van der Waals surface area (Å²) in [6, 6.07) is 11.8. The van der Waals surface area contributed by atoms with E-state index in [4.69, 9.17) is 0 Å². The van der Waals surface area contributed by atoms with Crippen LogP contribution >= 0.6 is 0 Å². The summed E-state index contributed by atoms with van der Waals surface area (Å²) >= 11 is 0. The van der Waals surface area contributed by atoms with Gasteiger partial charge in [-0.25, -0.2) is 0 Å². The van der Waals surface area contributed by atoms with Gasteiger partial charge >= 0.3 is 0 Å². The first-order valence-electron chi connectivity index (χ1n) is 9.19. The number of H-pyrrole nitrogens is 2. The molecule has 0 aliphatic carbocycles. The molecule has 0 saturated carbocycles. The number of pyridine rings is 2. The van der Waals surface area contributed by atoms with E-state index >= 15 is 0 Å². The summed E-state index contributed by atoms with van der Waals surface area (Å²) in [4.78, 5) is 32.2. The molecule has 0 unspecified atom stereocenters. The number of hydrogen-bond acceptors (Lipinski definition) is 4. The first-order valence-corrected chi connectivity index (χ1v) is 10.6. The summed E-state index contributed by atoms with van der Waals surface area (Å²) in [6.45, 7) is 3.27. The highest BCUT2D eigenvalue weighted by Gasteiger charge is 2.23. The first kappa shape index (κ1) is 18.5. The fourth-order valence-corrected chi connectivity index (χ4v) is 5.13. The smallest absolute Gasteiger partial charge is 0.295 e. The second-order valence-corrected chi connectivity index (χ2v) is 8.82. The van der Waals surface area contributed by atoms with E-state index in [0.29, 0.717) is 38.4 Å². The lowest BCUT2D eigenvalue weighted by molar-refractivity contribution is 0.483. The molecule has 5 aromatic rings. The second-order valence-electron chi connectivity index (χ2n) is 7.46. The SMILES string of the molecule is Cc1cc(C)c2[nH]c3cc4c(=O)c5ccccc5[nH]c4cc3c(=O)c2c1S(=O)(=O)O. The third kappa shape index (κ3) is 2.51. The molecule has 5 rings (SSSR count). The van der Waals surface area contributed by atoms with Gasteiger partial charge in [-0.2, -0.15) is 8.42 Å². The zero-order chi connectivity index (χ0) is 21.4. The Hall–Kier alpha value is -3.49. The maximum atomic E-state index is 13.4. The molecule has 0 aliphatic heterocycles. The van der Waals surface area contributed by atoms with E-state index in [1.807, 2.05) is 0 Å². The molecule has 30 heavy (non-hydrogen) atoms. The highest BCUT2D eigenvalue weighted by molar-refractivity contribution is 7.86. The first-order chi connectivity index (χ1) is 14.2. The molecule has 0 aliphatic rings. The highest BCUT2D eigenvalue weighted by atomic mass is 32.2. The Labute approximate surface area is 169 Å². The third-order valence-electron chi connectivity index (χ3n) is 5.50. The van der Waals surface area contributed by atoms with Crippen molar-refractivity contribution in [3.63, 3.8) is 0 Å². The highest BCUT2D eigenvalue weighted by Crippen LogP contribution is 2.29. The summed E-state index contributed by atoms with van der Waals surface area (Å²) in [6.07, 6.45) is 0. The zero-order valence-electron chi connectivity index (χ0n) is 16.0. The van der Waals surface area contributed by atoms with E-state index in [0.717, 1.165) is 0 Å². The van der Waals surface area contributed by atoms with Gasteiger partial charge in [-0.05, 0) is 49.2 Å². The molecule has 0 fully saturated rings. The lowest BCUT2D eigenvalue weighted by Crippen LogP contribution is -2.13. The quantitative estimate of drug-likeness (QED) is 0.283. The van der Waals surface area contributed by atoms with Crippen LogP contribution in [0.3, 0.4) is 0 Å². The number of aryl methyl sites for hydroxylation is 2. The van der Waals surface area contributed by atoms with Crippen molar-refractivity contribution >= 4 is 53.7 Å². The van der Waals surface area contributed by atoms with E-state index in [9.17, 15) is 22.6 Å². The standard InChI is InChI=1S/C22H16N2O5S/c1-10-7-11(2)22(30(27,28)29)18-19(10)24-17-8-13-16(9-14(17)21(18)26)23-15-6-4-3-5-12(15)20(13)25/h3-9H,1-2H3,(H,23,25)(H,24,26)(H,27,28,29). The van der Waals surface area contributed by atoms with Crippen LogP contribution in [-0.2, 0) is 10.1 Å². The van der Waals surface area contributed by atoms with Gasteiger partial charge in [0.05, 0.1) is 21.9 Å². The fourth-order valence-electron chi connectivity index (χ4n) is 4.21. The zero-order valence-corrected chi connectivity index (χ0v) is 16.8. The number of hydrogen-bond donors (Lipinski definition) is 3. The average molecular weight is 420 g/mol. The Balaban J connectivity index is 2.06. The van der Waals surface area contributed by atoms with E-state index in [1.54, 1.807) is 49.4 Å². The maximum Gasteiger partial charge on any atom is 0.295 e. The topological polar surface area (TPSA) is 120 Å². The van der Waals surface area contributed by atoms with Crippen LogP contribution in [0.25, 0.3) is 43.6 Å².